The Bertz CT molecular complexity index is 421. The summed E-state index contributed by atoms with van der Waals surface area (Å²) >= 11 is 1.84. The van der Waals surface area contributed by atoms with Gasteiger partial charge in [0.25, 0.3) is 0 Å². The molecule has 1 heterocycles. The SMILES string of the molecule is CSc1ccccc1CN(C)CC1(C)CCN(C)C1. The Balaban J connectivity index is 1.96. The lowest BCUT2D eigenvalue weighted by Gasteiger charge is -2.30. The summed E-state index contributed by atoms with van der Waals surface area (Å²) in [4.78, 5) is 6.33. The molecule has 0 N–H and O–H groups in total. The number of thioether (sulfide) groups is 1. The zero-order valence-corrected chi connectivity index (χ0v) is 13.5. The van der Waals surface area contributed by atoms with Gasteiger partial charge in [0, 0.05) is 24.5 Å². The van der Waals surface area contributed by atoms with Crippen molar-refractivity contribution in [3.63, 3.8) is 0 Å². The fourth-order valence-electron chi connectivity index (χ4n) is 3.23. The van der Waals surface area contributed by atoms with Crippen LogP contribution in [0, 0.1) is 5.41 Å². The van der Waals surface area contributed by atoms with E-state index in [2.05, 4.69) is 61.3 Å². The molecule has 19 heavy (non-hydrogen) atoms. The van der Waals surface area contributed by atoms with E-state index in [1.165, 1.54) is 36.5 Å². The highest BCUT2D eigenvalue weighted by molar-refractivity contribution is 7.98. The first kappa shape index (κ1) is 14.9. The van der Waals surface area contributed by atoms with Crippen LogP contribution in [0.5, 0.6) is 0 Å². The molecule has 0 bridgehead atoms. The van der Waals surface area contributed by atoms with Crippen LogP contribution in [-0.2, 0) is 6.54 Å². The molecule has 1 aliphatic rings. The number of hydrogen-bond donors (Lipinski definition) is 0. The normalized spacial score (nSPS) is 24.3. The highest BCUT2D eigenvalue weighted by Crippen LogP contribution is 2.30. The molecule has 0 aromatic heterocycles. The minimum atomic E-state index is 0.456. The van der Waals surface area contributed by atoms with E-state index >= 15 is 0 Å². The third-order valence-corrected chi connectivity index (χ3v) is 4.87. The fourth-order valence-corrected chi connectivity index (χ4v) is 3.84. The molecule has 1 atom stereocenters. The second kappa shape index (κ2) is 6.29. The Morgan fingerprint density at radius 3 is 2.74 bits per heavy atom. The van der Waals surface area contributed by atoms with Crippen molar-refractivity contribution in [3.05, 3.63) is 29.8 Å². The Morgan fingerprint density at radius 1 is 1.37 bits per heavy atom. The van der Waals surface area contributed by atoms with Crippen molar-refractivity contribution < 1.29 is 0 Å². The molecule has 106 valence electrons. The van der Waals surface area contributed by atoms with E-state index in [0.29, 0.717) is 5.41 Å². The molecule has 0 saturated carbocycles. The highest BCUT2D eigenvalue weighted by Gasteiger charge is 2.32. The molecule has 2 rings (SSSR count). The van der Waals surface area contributed by atoms with Gasteiger partial charge < -0.3 is 9.80 Å². The van der Waals surface area contributed by atoms with Crippen LogP contribution in [-0.4, -0.2) is 49.8 Å². The monoisotopic (exact) mass is 278 g/mol. The molecule has 1 fully saturated rings. The van der Waals surface area contributed by atoms with Gasteiger partial charge in [-0.2, -0.15) is 0 Å². The molecule has 1 aliphatic heterocycles. The third-order valence-electron chi connectivity index (χ3n) is 4.03. The molecule has 0 aliphatic carbocycles. The quantitative estimate of drug-likeness (QED) is 0.764. The van der Waals surface area contributed by atoms with Gasteiger partial charge in [-0.05, 0) is 50.4 Å². The van der Waals surface area contributed by atoms with Crippen molar-refractivity contribution in [2.24, 2.45) is 5.41 Å². The van der Waals surface area contributed by atoms with Gasteiger partial charge in [0.1, 0.15) is 0 Å². The Morgan fingerprint density at radius 2 is 2.11 bits per heavy atom. The molecule has 2 nitrogen and oxygen atoms in total. The Labute approximate surface area is 122 Å². The summed E-state index contributed by atoms with van der Waals surface area (Å²) < 4.78 is 0. The van der Waals surface area contributed by atoms with Crippen LogP contribution in [0.25, 0.3) is 0 Å². The Hall–Kier alpha value is -0.510. The summed E-state index contributed by atoms with van der Waals surface area (Å²) in [6.07, 6.45) is 3.48. The zero-order chi connectivity index (χ0) is 13.9. The first-order valence-corrected chi connectivity index (χ1v) is 8.24. The molecule has 1 aromatic rings. The van der Waals surface area contributed by atoms with Gasteiger partial charge in [0.2, 0.25) is 0 Å². The van der Waals surface area contributed by atoms with Crippen LogP contribution in [0.1, 0.15) is 18.9 Å². The number of rotatable bonds is 5. The summed E-state index contributed by atoms with van der Waals surface area (Å²) in [6, 6.07) is 8.75. The van der Waals surface area contributed by atoms with E-state index < -0.39 is 0 Å². The van der Waals surface area contributed by atoms with Crippen LogP contribution in [0.2, 0.25) is 0 Å². The topological polar surface area (TPSA) is 6.48 Å². The smallest absolute Gasteiger partial charge is 0.0242 e. The average Bonchev–Trinajstić information content (AvgIpc) is 2.69. The van der Waals surface area contributed by atoms with Crippen LogP contribution < -0.4 is 0 Å². The van der Waals surface area contributed by atoms with E-state index in [1.54, 1.807) is 0 Å². The fraction of sp³-hybridized carbons (Fsp3) is 0.625. The lowest BCUT2D eigenvalue weighted by Crippen LogP contribution is -2.35. The summed E-state index contributed by atoms with van der Waals surface area (Å²) in [5.41, 5.74) is 1.91. The standard InChI is InChI=1S/C16H26N2S/c1-16(9-10-17(2)12-16)13-18(3)11-14-7-5-6-8-15(14)19-4/h5-8H,9-13H2,1-4H3. The Kier molecular flexibility index (Phi) is 4.93. The van der Waals surface area contributed by atoms with Crippen LogP contribution in [0.4, 0.5) is 0 Å². The van der Waals surface area contributed by atoms with E-state index in [4.69, 9.17) is 0 Å². The van der Waals surface area contributed by atoms with Gasteiger partial charge in [0.05, 0.1) is 0 Å². The van der Waals surface area contributed by atoms with Crippen molar-refractivity contribution in [2.45, 2.75) is 24.8 Å². The molecular formula is C16H26N2S. The molecule has 1 aromatic carbocycles. The zero-order valence-electron chi connectivity index (χ0n) is 12.6. The van der Waals surface area contributed by atoms with Crippen molar-refractivity contribution in [1.29, 1.82) is 0 Å². The third kappa shape index (κ3) is 3.98. The van der Waals surface area contributed by atoms with Gasteiger partial charge in [-0.1, -0.05) is 25.1 Å². The highest BCUT2D eigenvalue weighted by atomic mass is 32.2. The summed E-state index contributed by atoms with van der Waals surface area (Å²) in [5.74, 6) is 0. The minimum Gasteiger partial charge on any atom is -0.306 e. The number of benzene rings is 1. The van der Waals surface area contributed by atoms with Crippen molar-refractivity contribution >= 4 is 11.8 Å². The van der Waals surface area contributed by atoms with Gasteiger partial charge in [-0.3, -0.25) is 0 Å². The van der Waals surface area contributed by atoms with Gasteiger partial charge >= 0.3 is 0 Å². The first-order chi connectivity index (χ1) is 9.02. The first-order valence-electron chi connectivity index (χ1n) is 7.01. The number of nitrogens with zero attached hydrogens (tertiary/aromatic N) is 2. The van der Waals surface area contributed by atoms with E-state index in [-0.39, 0.29) is 0 Å². The summed E-state index contributed by atoms with van der Waals surface area (Å²) in [6.45, 7) is 7.12. The van der Waals surface area contributed by atoms with Crippen molar-refractivity contribution in [2.75, 3.05) is 40.0 Å². The molecule has 0 amide bonds. The van der Waals surface area contributed by atoms with Crippen LogP contribution >= 0.6 is 11.8 Å². The lowest BCUT2D eigenvalue weighted by molar-refractivity contribution is 0.189. The molecule has 1 unspecified atom stereocenters. The van der Waals surface area contributed by atoms with Gasteiger partial charge in [-0.15, -0.1) is 11.8 Å². The van der Waals surface area contributed by atoms with Crippen molar-refractivity contribution in [1.82, 2.24) is 9.80 Å². The van der Waals surface area contributed by atoms with Crippen LogP contribution in [0.15, 0.2) is 29.2 Å². The molecule has 3 heteroatoms. The summed E-state index contributed by atoms with van der Waals surface area (Å²) in [7, 11) is 4.48. The molecule has 1 saturated heterocycles. The second-order valence-corrected chi connectivity index (χ2v) is 7.13. The lowest BCUT2D eigenvalue weighted by atomic mass is 9.89. The minimum absolute atomic E-state index is 0.456. The molecular weight excluding hydrogens is 252 g/mol. The van der Waals surface area contributed by atoms with Crippen molar-refractivity contribution in [3.8, 4) is 0 Å². The van der Waals surface area contributed by atoms with E-state index in [0.717, 1.165) is 6.54 Å². The maximum Gasteiger partial charge on any atom is 0.0242 e. The van der Waals surface area contributed by atoms with E-state index in [9.17, 15) is 0 Å². The maximum absolute atomic E-state index is 2.48. The van der Waals surface area contributed by atoms with E-state index in [1.807, 2.05) is 11.8 Å². The second-order valence-electron chi connectivity index (χ2n) is 6.28. The largest absolute Gasteiger partial charge is 0.306 e. The predicted octanol–water partition coefficient (Wildman–Crippen LogP) is 3.18. The summed E-state index contributed by atoms with van der Waals surface area (Å²) in [5, 5.41) is 0. The number of likely N-dealkylation sites (tertiary alicyclic amines) is 1. The molecule has 0 spiro atoms. The maximum atomic E-state index is 2.48. The van der Waals surface area contributed by atoms with Crippen LogP contribution in [0.3, 0.4) is 0 Å². The van der Waals surface area contributed by atoms with Gasteiger partial charge in [-0.25, -0.2) is 0 Å². The van der Waals surface area contributed by atoms with Gasteiger partial charge in [0.15, 0.2) is 0 Å². The predicted molar refractivity (Wildman–Crippen MR) is 84.8 cm³/mol. The molecule has 0 radical (unpaired) electrons. The average molecular weight is 278 g/mol. The number of hydrogen-bond acceptors (Lipinski definition) is 3.